The molecule has 0 saturated heterocycles. The number of nitrogens with zero attached hydrogens (tertiary/aromatic N) is 1. The number of rotatable bonds is 5. The summed E-state index contributed by atoms with van der Waals surface area (Å²) in [6.07, 6.45) is 4.30. The van der Waals surface area contributed by atoms with Crippen LogP contribution in [0.15, 0.2) is 22.7 Å². The molecule has 3 rings (SSSR count). The van der Waals surface area contributed by atoms with Gasteiger partial charge in [0, 0.05) is 0 Å². The summed E-state index contributed by atoms with van der Waals surface area (Å²) < 4.78 is 15.9. The Bertz CT molecular complexity index is 607. The molecule has 0 radical (unpaired) electrons. The number of unbranched alkanes of at least 4 members (excludes halogenated alkanes) is 2. The van der Waals surface area contributed by atoms with Crippen molar-refractivity contribution in [2.45, 2.75) is 32.6 Å². The van der Waals surface area contributed by atoms with Gasteiger partial charge in [0.05, 0.1) is 11.3 Å². The molecule has 1 aliphatic rings. The molecule has 0 spiro atoms. The fraction of sp³-hybridized carbons (Fsp3) is 0.400. The molecule has 5 heteroatoms. The highest BCUT2D eigenvalue weighted by Gasteiger charge is 2.19. The normalized spacial score (nSPS) is 12.8. The lowest BCUT2D eigenvalue weighted by Gasteiger charge is -2.04. The predicted molar refractivity (Wildman–Crippen MR) is 75.7 cm³/mol. The molecule has 1 aromatic heterocycles. The summed E-state index contributed by atoms with van der Waals surface area (Å²) in [7, 11) is 0. The number of hydrogen-bond donors (Lipinski definition) is 1. The Morgan fingerprint density at radius 2 is 2.05 bits per heavy atom. The number of aromatic nitrogens is 1. The first kappa shape index (κ1) is 12.8. The van der Waals surface area contributed by atoms with Crippen molar-refractivity contribution < 1.29 is 14.0 Å². The van der Waals surface area contributed by atoms with Crippen LogP contribution < -0.4 is 15.2 Å². The molecule has 1 aliphatic heterocycles. The average molecular weight is 274 g/mol. The zero-order valence-corrected chi connectivity index (χ0v) is 11.5. The van der Waals surface area contributed by atoms with E-state index in [-0.39, 0.29) is 6.79 Å². The van der Waals surface area contributed by atoms with Gasteiger partial charge in [-0.15, -0.1) is 0 Å². The van der Waals surface area contributed by atoms with E-state index in [1.165, 1.54) is 12.8 Å². The first-order chi connectivity index (χ1) is 9.79. The lowest BCUT2D eigenvalue weighted by Crippen LogP contribution is -1.93. The van der Waals surface area contributed by atoms with Crippen molar-refractivity contribution in [2.24, 2.45) is 0 Å². The minimum Gasteiger partial charge on any atom is -0.454 e. The van der Waals surface area contributed by atoms with E-state index in [9.17, 15) is 0 Å². The SMILES string of the molecule is CCCCCc1noc(N)c1-c1ccc2c(c1)OCO2. The van der Waals surface area contributed by atoms with E-state index >= 15 is 0 Å². The van der Waals surface area contributed by atoms with Gasteiger partial charge in [0.2, 0.25) is 12.7 Å². The lowest BCUT2D eigenvalue weighted by molar-refractivity contribution is 0.174. The van der Waals surface area contributed by atoms with Crippen LogP contribution in [-0.4, -0.2) is 11.9 Å². The smallest absolute Gasteiger partial charge is 0.231 e. The number of hydrogen-bond acceptors (Lipinski definition) is 5. The number of fused-ring (bicyclic) bond motifs is 1. The van der Waals surface area contributed by atoms with Crippen LogP contribution in [-0.2, 0) is 6.42 Å². The first-order valence-corrected chi connectivity index (χ1v) is 6.93. The maximum Gasteiger partial charge on any atom is 0.231 e. The molecule has 0 unspecified atom stereocenters. The van der Waals surface area contributed by atoms with Crippen LogP contribution in [0.3, 0.4) is 0 Å². The fourth-order valence-electron chi connectivity index (χ4n) is 2.41. The molecule has 0 bridgehead atoms. The Kier molecular flexibility index (Phi) is 3.50. The number of benzene rings is 1. The van der Waals surface area contributed by atoms with Crippen LogP contribution in [0.25, 0.3) is 11.1 Å². The molecule has 0 atom stereocenters. The van der Waals surface area contributed by atoms with Crippen molar-refractivity contribution in [3.63, 3.8) is 0 Å². The maximum absolute atomic E-state index is 5.92. The van der Waals surface area contributed by atoms with Crippen LogP contribution in [0, 0.1) is 0 Å². The van der Waals surface area contributed by atoms with Crippen LogP contribution in [0.2, 0.25) is 0 Å². The van der Waals surface area contributed by atoms with Crippen molar-refractivity contribution in [1.29, 1.82) is 0 Å². The second kappa shape index (κ2) is 5.45. The van der Waals surface area contributed by atoms with E-state index in [0.29, 0.717) is 5.88 Å². The Morgan fingerprint density at radius 3 is 2.90 bits per heavy atom. The summed E-state index contributed by atoms with van der Waals surface area (Å²) in [4.78, 5) is 0. The zero-order valence-electron chi connectivity index (χ0n) is 11.5. The number of ether oxygens (including phenoxy) is 2. The van der Waals surface area contributed by atoms with Gasteiger partial charge >= 0.3 is 0 Å². The molecular formula is C15H18N2O3. The second-order valence-electron chi connectivity index (χ2n) is 4.89. The Labute approximate surface area is 117 Å². The topological polar surface area (TPSA) is 70.5 Å². The third-order valence-corrected chi connectivity index (χ3v) is 3.47. The van der Waals surface area contributed by atoms with Gasteiger partial charge in [0.1, 0.15) is 0 Å². The van der Waals surface area contributed by atoms with Gasteiger partial charge in [0.15, 0.2) is 11.5 Å². The molecule has 20 heavy (non-hydrogen) atoms. The molecule has 5 nitrogen and oxygen atoms in total. The molecule has 1 aromatic carbocycles. The van der Waals surface area contributed by atoms with E-state index in [2.05, 4.69) is 12.1 Å². The fourth-order valence-corrected chi connectivity index (χ4v) is 2.41. The van der Waals surface area contributed by atoms with Gasteiger partial charge in [-0.05, 0) is 30.5 Å². The summed E-state index contributed by atoms with van der Waals surface area (Å²) in [6.45, 7) is 2.44. The number of anilines is 1. The third kappa shape index (κ3) is 2.31. The van der Waals surface area contributed by atoms with Gasteiger partial charge in [-0.3, -0.25) is 0 Å². The van der Waals surface area contributed by atoms with Crippen LogP contribution in [0.1, 0.15) is 31.9 Å². The van der Waals surface area contributed by atoms with Gasteiger partial charge in [0.25, 0.3) is 0 Å². The summed E-state index contributed by atoms with van der Waals surface area (Å²) in [5.74, 6) is 1.86. The summed E-state index contributed by atoms with van der Waals surface area (Å²) in [5, 5.41) is 4.09. The first-order valence-electron chi connectivity index (χ1n) is 6.93. The lowest BCUT2D eigenvalue weighted by atomic mass is 10.0. The summed E-state index contributed by atoms with van der Waals surface area (Å²) in [5.41, 5.74) is 8.67. The van der Waals surface area contributed by atoms with Crippen molar-refractivity contribution in [3.8, 4) is 22.6 Å². The number of nitrogens with two attached hydrogens (primary N) is 1. The van der Waals surface area contributed by atoms with Gasteiger partial charge in [-0.1, -0.05) is 31.0 Å². The van der Waals surface area contributed by atoms with Crippen molar-refractivity contribution in [1.82, 2.24) is 5.16 Å². The van der Waals surface area contributed by atoms with Gasteiger partial charge in [-0.2, -0.15) is 0 Å². The minimum absolute atomic E-state index is 0.265. The highest BCUT2D eigenvalue weighted by molar-refractivity contribution is 5.77. The van der Waals surface area contributed by atoms with Gasteiger partial charge < -0.3 is 19.7 Å². The number of nitrogen functional groups attached to an aromatic ring is 1. The molecule has 0 fully saturated rings. The van der Waals surface area contributed by atoms with E-state index in [1.54, 1.807) is 0 Å². The minimum atomic E-state index is 0.265. The average Bonchev–Trinajstić information content (AvgIpc) is 3.05. The molecule has 2 heterocycles. The number of aryl methyl sites for hydroxylation is 1. The summed E-state index contributed by atoms with van der Waals surface area (Å²) in [6, 6.07) is 5.77. The van der Waals surface area contributed by atoms with Crippen LogP contribution in [0.5, 0.6) is 11.5 Å². The van der Waals surface area contributed by atoms with E-state index in [4.69, 9.17) is 19.7 Å². The molecule has 2 N–H and O–H groups in total. The van der Waals surface area contributed by atoms with Crippen molar-refractivity contribution in [3.05, 3.63) is 23.9 Å². The van der Waals surface area contributed by atoms with Crippen molar-refractivity contribution >= 4 is 5.88 Å². The standard InChI is InChI=1S/C15H18N2O3/c1-2-3-4-5-11-14(15(16)20-17-11)10-6-7-12-13(8-10)19-9-18-12/h6-8H,2-5,9,16H2,1H3. The largest absolute Gasteiger partial charge is 0.454 e. The maximum atomic E-state index is 5.92. The van der Waals surface area contributed by atoms with Crippen LogP contribution >= 0.6 is 0 Å². The van der Waals surface area contributed by atoms with Gasteiger partial charge in [-0.25, -0.2) is 0 Å². The monoisotopic (exact) mass is 274 g/mol. The molecule has 0 aliphatic carbocycles. The molecule has 2 aromatic rings. The zero-order chi connectivity index (χ0) is 13.9. The Hall–Kier alpha value is -2.17. The molecule has 106 valence electrons. The highest BCUT2D eigenvalue weighted by atomic mass is 16.7. The second-order valence-corrected chi connectivity index (χ2v) is 4.89. The Balaban J connectivity index is 1.91. The summed E-state index contributed by atoms with van der Waals surface area (Å²) >= 11 is 0. The molecule has 0 amide bonds. The van der Waals surface area contributed by atoms with E-state index < -0.39 is 0 Å². The molecular weight excluding hydrogens is 256 g/mol. The highest BCUT2D eigenvalue weighted by Crippen LogP contribution is 2.39. The van der Waals surface area contributed by atoms with E-state index in [0.717, 1.165) is 41.2 Å². The van der Waals surface area contributed by atoms with Crippen molar-refractivity contribution in [2.75, 3.05) is 12.5 Å². The van der Waals surface area contributed by atoms with Crippen LogP contribution in [0.4, 0.5) is 5.88 Å². The quantitative estimate of drug-likeness (QED) is 0.846. The Morgan fingerprint density at radius 1 is 1.20 bits per heavy atom. The van der Waals surface area contributed by atoms with E-state index in [1.807, 2.05) is 18.2 Å². The molecule has 0 saturated carbocycles. The third-order valence-electron chi connectivity index (χ3n) is 3.47. The predicted octanol–water partition coefficient (Wildman–Crippen LogP) is 3.39.